The molecule has 0 aliphatic rings. The molecule has 1 aromatic rings. The summed E-state index contributed by atoms with van der Waals surface area (Å²) in [5, 5.41) is 0. The van der Waals surface area contributed by atoms with Crippen molar-refractivity contribution in [1.29, 1.82) is 0 Å². The third kappa shape index (κ3) is 2.85. The number of pyridine rings is 1. The summed E-state index contributed by atoms with van der Waals surface area (Å²) in [4.78, 5) is 15.3. The molecule has 0 aliphatic heterocycles. The van der Waals surface area contributed by atoms with Gasteiger partial charge in [-0.05, 0) is 6.92 Å². The van der Waals surface area contributed by atoms with Crippen LogP contribution in [0.1, 0.15) is 12.5 Å². The molecule has 5 heteroatoms. The fraction of sp³-hybridized carbons (Fsp3) is 0.455. The van der Waals surface area contributed by atoms with Gasteiger partial charge in [-0.2, -0.15) is 0 Å². The van der Waals surface area contributed by atoms with Crippen molar-refractivity contribution in [2.24, 2.45) is 0 Å². The zero-order chi connectivity index (χ0) is 12.0. The standard InChI is InChI=1S/C11H15NO4/c1-4-16-11(13)5-8-9(14-2)6-12-7-10(8)15-3/h6-7H,4-5H2,1-3H3. The minimum absolute atomic E-state index is 0.114. The van der Waals surface area contributed by atoms with E-state index in [1.807, 2.05) is 0 Å². The van der Waals surface area contributed by atoms with Crippen molar-refractivity contribution in [2.75, 3.05) is 20.8 Å². The van der Waals surface area contributed by atoms with E-state index in [1.165, 1.54) is 26.6 Å². The molecule has 0 atom stereocenters. The van der Waals surface area contributed by atoms with Gasteiger partial charge in [0.15, 0.2) is 0 Å². The molecule has 0 amide bonds. The molecule has 1 heterocycles. The van der Waals surface area contributed by atoms with Crippen molar-refractivity contribution in [1.82, 2.24) is 4.98 Å². The van der Waals surface area contributed by atoms with Gasteiger partial charge in [-0.1, -0.05) is 0 Å². The summed E-state index contributed by atoms with van der Waals surface area (Å²) in [5.74, 6) is 0.727. The number of aromatic nitrogens is 1. The van der Waals surface area contributed by atoms with Gasteiger partial charge in [0.2, 0.25) is 0 Å². The van der Waals surface area contributed by atoms with E-state index in [4.69, 9.17) is 14.2 Å². The zero-order valence-corrected chi connectivity index (χ0v) is 9.65. The van der Waals surface area contributed by atoms with Crippen LogP contribution in [-0.2, 0) is 16.0 Å². The molecule has 0 bridgehead atoms. The van der Waals surface area contributed by atoms with Gasteiger partial charge in [-0.25, -0.2) is 0 Å². The molecule has 88 valence electrons. The largest absolute Gasteiger partial charge is 0.495 e. The maximum absolute atomic E-state index is 11.4. The van der Waals surface area contributed by atoms with Crippen LogP contribution in [-0.4, -0.2) is 31.8 Å². The molecule has 0 unspecified atom stereocenters. The first-order valence-corrected chi connectivity index (χ1v) is 4.93. The molecule has 16 heavy (non-hydrogen) atoms. The van der Waals surface area contributed by atoms with Crippen LogP contribution in [0.15, 0.2) is 12.4 Å². The second-order valence-electron chi connectivity index (χ2n) is 3.00. The van der Waals surface area contributed by atoms with Gasteiger partial charge in [-0.3, -0.25) is 9.78 Å². The Morgan fingerprint density at radius 1 is 1.25 bits per heavy atom. The second kappa shape index (κ2) is 5.95. The smallest absolute Gasteiger partial charge is 0.310 e. The van der Waals surface area contributed by atoms with Crippen LogP contribution in [0.5, 0.6) is 11.5 Å². The van der Waals surface area contributed by atoms with E-state index in [9.17, 15) is 4.79 Å². The van der Waals surface area contributed by atoms with Crippen LogP contribution in [0.2, 0.25) is 0 Å². The Balaban J connectivity index is 2.95. The summed E-state index contributed by atoms with van der Waals surface area (Å²) in [6, 6.07) is 0. The van der Waals surface area contributed by atoms with Gasteiger partial charge in [0.25, 0.3) is 0 Å². The number of rotatable bonds is 5. The lowest BCUT2D eigenvalue weighted by atomic mass is 10.1. The fourth-order valence-corrected chi connectivity index (χ4v) is 1.33. The Bertz CT molecular complexity index is 343. The number of hydrogen-bond donors (Lipinski definition) is 0. The molecule has 1 rings (SSSR count). The van der Waals surface area contributed by atoms with E-state index in [0.717, 1.165) is 0 Å². The Labute approximate surface area is 94.3 Å². The Morgan fingerprint density at radius 3 is 2.25 bits per heavy atom. The quantitative estimate of drug-likeness (QED) is 0.705. The van der Waals surface area contributed by atoms with Gasteiger partial charge in [-0.15, -0.1) is 0 Å². The zero-order valence-electron chi connectivity index (χ0n) is 9.65. The van der Waals surface area contributed by atoms with Crippen LogP contribution in [0.3, 0.4) is 0 Å². The lowest BCUT2D eigenvalue weighted by Gasteiger charge is -2.11. The third-order valence-electron chi connectivity index (χ3n) is 2.04. The maximum Gasteiger partial charge on any atom is 0.310 e. The minimum Gasteiger partial charge on any atom is -0.495 e. The van der Waals surface area contributed by atoms with Crippen molar-refractivity contribution in [3.05, 3.63) is 18.0 Å². The summed E-state index contributed by atoms with van der Waals surface area (Å²) in [6.45, 7) is 2.12. The lowest BCUT2D eigenvalue weighted by Crippen LogP contribution is -2.10. The summed E-state index contributed by atoms with van der Waals surface area (Å²) in [7, 11) is 3.04. The number of carbonyl (C=O) groups is 1. The fourth-order valence-electron chi connectivity index (χ4n) is 1.33. The van der Waals surface area contributed by atoms with Crippen LogP contribution < -0.4 is 9.47 Å². The second-order valence-corrected chi connectivity index (χ2v) is 3.00. The normalized spacial score (nSPS) is 9.69. The van der Waals surface area contributed by atoms with Crippen LogP contribution in [0.25, 0.3) is 0 Å². The molecule has 0 fully saturated rings. The number of carbonyl (C=O) groups excluding carboxylic acids is 1. The molecule has 0 saturated carbocycles. The van der Waals surface area contributed by atoms with Crippen LogP contribution >= 0.6 is 0 Å². The first kappa shape index (κ1) is 12.3. The number of esters is 1. The molecule has 0 aromatic carbocycles. The van der Waals surface area contributed by atoms with Gasteiger partial charge in [0, 0.05) is 0 Å². The van der Waals surface area contributed by atoms with Crippen molar-refractivity contribution in [3.63, 3.8) is 0 Å². The molecule has 0 spiro atoms. The van der Waals surface area contributed by atoms with E-state index in [0.29, 0.717) is 23.7 Å². The number of nitrogens with zero attached hydrogens (tertiary/aromatic N) is 1. The Hall–Kier alpha value is -1.78. The first-order valence-electron chi connectivity index (χ1n) is 4.93. The highest BCUT2D eigenvalue weighted by molar-refractivity contribution is 5.74. The minimum atomic E-state index is -0.315. The highest BCUT2D eigenvalue weighted by Crippen LogP contribution is 2.27. The Morgan fingerprint density at radius 2 is 1.81 bits per heavy atom. The highest BCUT2D eigenvalue weighted by Gasteiger charge is 2.15. The number of ether oxygens (including phenoxy) is 3. The third-order valence-corrected chi connectivity index (χ3v) is 2.04. The predicted octanol–water partition coefficient (Wildman–Crippen LogP) is 1.20. The van der Waals surface area contributed by atoms with Crippen molar-refractivity contribution < 1.29 is 19.0 Å². The molecular weight excluding hydrogens is 210 g/mol. The van der Waals surface area contributed by atoms with Crippen molar-refractivity contribution in [3.8, 4) is 11.5 Å². The monoisotopic (exact) mass is 225 g/mol. The maximum atomic E-state index is 11.4. The van der Waals surface area contributed by atoms with E-state index in [1.54, 1.807) is 6.92 Å². The van der Waals surface area contributed by atoms with Gasteiger partial charge >= 0.3 is 5.97 Å². The molecule has 5 nitrogen and oxygen atoms in total. The van der Waals surface area contributed by atoms with E-state index in [-0.39, 0.29) is 12.4 Å². The van der Waals surface area contributed by atoms with Gasteiger partial charge in [0.1, 0.15) is 11.5 Å². The van der Waals surface area contributed by atoms with Gasteiger partial charge in [0.05, 0.1) is 45.2 Å². The SMILES string of the molecule is CCOC(=O)Cc1c(OC)cncc1OC. The summed E-state index contributed by atoms with van der Waals surface area (Å²) >= 11 is 0. The summed E-state index contributed by atoms with van der Waals surface area (Å²) in [5.41, 5.74) is 0.651. The predicted molar refractivity (Wildman–Crippen MR) is 57.7 cm³/mol. The van der Waals surface area contributed by atoms with Crippen molar-refractivity contribution >= 4 is 5.97 Å². The number of methoxy groups -OCH3 is 2. The number of hydrogen-bond acceptors (Lipinski definition) is 5. The van der Waals surface area contributed by atoms with Crippen LogP contribution in [0.4, 0.5) is 0 Å². The van der Waals surface area contributed by atoms with E-state index in [2.05, 4.69) is 4.98 Å². The summed E-state index contributed by atoms with van der Waals surface area (Å²) in [6.07, 6.45) is 3.19. The summed E-state index contributed by atoms with van der Waals surface area (Å²) < 4.78 is 15.1. The topological polar surface area (TPSA) is 57.7 Å². The lowest BCUT2D eigenvalue weighted by molar-refractivity contribution is -0.142. The average molecular weight is 225 g/mol. The molecule has 1 aromatic heterocycles. The van der Waals surface area contributed by atoms with E-state index >= 15 is 0 Å². The van der Waals surface area contributed by atoms with E-state index < -0.39 is 0 Å². The molecule has 0 aliphatic carbocycles. The molecular formula is C11H15NO4. The molecule has 0 radical (unpaired) electrons. The molecule has 0 N–H and O–H groups in total. The van der Waals surface area contributed by atoms with Crippen LogP contribution in [0, 0.1) is 0 Å². The van der Waals surface area contributed by atoms with Crippen molar-refractivity contribution in [2.45, 2.75) is 13.3 Å². The molecule has 0 saturated heterocycles. The first-order chi connectivity index (χ1) is 7.72. The van der Waals surface area contributed by atoms with Gasteiger partial charge < -0.3 is 14.2 Å². The highest BCUT2D eigenvalue weighted by atomic mass is 16.5. The Kier molecular flexibility index (Phi) is 4.57. The average Bonchev–Trinajstić information content (AvgIpc) is 2.29.